The third kappa shape index (κ3) is 2.28. The van der Waals surface area contributed by atoms with Crippen molar-refractivity contribution in [3.63, 3.8) is 0 Å². The molecule has 6 nitrogen and oxygen atoms in total. The van der Waals surface area contributed by atoms with Gasteiger partial charge in [-0.25, -0.2) is 4.98 Å². The van der Waals surface area contributed by atoms with Crippen LogP contribution in [0.4, 0.5) is 5.69 Å². The number of rotatable bonds is 4. The van der Waals surface area contributed by atoms with Crippen LogP contribution in [0.5, 0.6) is 5.75 Å². The van der Waals surface area contributed by atoms with Crippen LogP contribution in [0.15, 0.2) is 28.9 Å². The second kappa shape index (κ2) is 5.05. The first kappa shape index (κ1) is 12.4. The maximum Gasteiger partial charge on any atom is 0.310 e. The van der Waals surface area contributed by atoms with E-state index < -0.39 is 4.92 Å². The summed E-state index contributed by atoms with van der Waals surface area (Å²) < 4.78 is 10.2. The van der Waals surface area contributed by atoms with E-state index in [2.05, 4.69) is 4.98 Å². The number of benzene rings is 1. The second-order valence-corrected chi connectivity index (χ2v) is 3.69. The van der Waals surface area contributed by atoms with E-state index in [1.54, 1.807) is 6.07 Å². The number of halogens is 1. The van der Waals surface area contributed by atoms with Gasteiger partial charge in [-0.15, -0.1) is 11.6 Å². The smallest absolute Gasteiger partial charge is 0.310 e. The van der Waals surface area contributed by atoms with Crippen molar-refractivity contribution in [3.05, 3.63) is 40.3 Å². The van der Waals surface area contributed by atoms with Gasteiger partial charge in [0.15, 0.2) is 5.75 Å². The molecular weight excluding hydrogens is 260 g/mol. The Morgan fingerprint density at radius 1 is 1.56 bits per heavy atom. The van der Waals surface area contributed by atoms with Crippen molar-refractivity contribution in [3.8, 4) is 17.2 Å². The van der Waals surface area contributed by atoms with Crippen LogP contribution in [-0.2, 0) is 5.88 Å². The van der Waals surface area contributed by atoms with E-state index in [4.69, 9.17) is 20.8 Å². The Bertz CT molecular complexity index is 582. The summed E-state index contributed by atoms with van der Waals surface area (Å²) in [6.45, 7) is 0. The first-order valence-corrected chi connectivity index (χ1v) is 5.52. The minimum Gasteiger partial charge on any atom is -0.490 e. The summed E-state index contributed by atoms with van der Waals surface area (Å²) in [6, 6.07) is 4.39. The predicted octanol–water partition coefficient (Wildman–Crippen LogP) is 3.00. The number of nitro groups is 1. The van der Waals surface area contributed by atoms with Crippen molar-refractivity contribution in [1.29, 1.82) is 0 Å². The van der Waals surface area contributed by atoms with Crippen LogP contribution in [0.3, 0.4) is 0 Å². The lowest BCUT2D eigenvalue weighted by Gasteiger charge is -2.02. The van der Waals surface area contributed by atoms with Gasteiger partial charge in [0.25, 0.3) is 0 Å². The highest BCUT2D eigenvalue weighted by Gasteiger charge is 2.17. The Labute approximate surface area is 107 Å². The number of nitro benzene ring substituents is 1. The van der Waals surface area contributed by atoms with Crippen LogP contribution < -0.4 is 4.74 Å². The molecule has 0 amide bonds. The van der Waals surface area contributed by atoms with Gasteiger partial charge >= 0.3 is 5.69 Å². The quantitative estimate of drug-likeness (QED) is 0.484. The maximum atomic E-state index is 10.7. The first-order chi connectivity index (χ1) is 8.65. The lowest BCUT2D eigenvalue weighted by atomic mass is 10.2. The van der Waals surface area contributed by atoms with Crippen molar-refractivity contribution in [2.75, 3.05) is 7.11 Å². The number of aromatic nitrogens is 1. The van der Waals surface area contributed by atoms with Crippen molar-refractivity contribution < 1.29 is 14.1 Å². The minimum atomic E-state index is -0.512. The fourth-order valence-corrected chi connectivity index (χ4v) is 1.59. The monoisotopic (exact) mass is 268 g/mol. The molecule has 0 atom stereocenters. The van der Waals surface area contributed by atoms with Crippen LogP contribution in [0, 0.1) is 10.1 Å². The van der Waals surface area contributed by atoms with Crippen molar-refractivity contribution >= 4 is 17.3 Å². The third-order valence-corrected chi connectivity index (χ3v) is 2.59. The SMILES string of the molecule is COc1cc(-c2nc(CCl)co2)ccc1[N+](=O)[O-]. The van der Waals surface area contributed by atoms with Crippen molar-refractivity contribution in [2.24, 2.45) is 0 Å². The molecule has 0 unspecified atom stereocenters. The molecule has 18 heavy (non-hydrogen) atoms. The molecule has 1 heterocycles. The molecule has 0 fully saturated rings. The molecule has 0 radical (unpaired) electrons. The Morgan fingerprint density at radius 3 is 2.89 bits per heavy atom. The number of ether oxygens (including phenoxy) is 1. The molecule has 0 N–H and O–H groups in total. The van der Waals surface area contributed by atoms with Gasteiger partial charge in [-0.2, -0.15) is 0 Å². The lowest BCUT2D eigenvalue weighted by Crippen LogP contribution is -1.94. The van der Waals surface area contributed by atoms with Gasteiger partial charge in [0.1, 0.15) is 6.26 Å². The van der Waals surface area contributed by atoms with Crippen LogP contribution in [0.2, 0.25) is 0 Å². The van der Waals surface area contributed by atoms with Crippen LogP contribution in [0.25, 0.3) is 11.5 Å². The summed E-state index contributed by atoms with van der Waals surface area (Å²) >= 11 is 5.62. The largest absolute Gasteiger partial charge is 0.490 e. The molecule has 2 aromatic rings. The first-order valence-electron chi connectivity index (χ1n) is 4.99. The summed E-state index contributed by atoms with van der Waals surface area (Å²) in [6.07, 6.45) is 1.44. The Kier molecular flexibility index (Phi) is 3.47. The van der Waals surface area contributed by atoms with E-state index in [1.807, 2.05) is 0 Å². The molecule has 0 spiro atoms. The number of oxazole rings is 1. The standard InChI is InChI=1S/C11H9ClN2O4/c1-17-10-4-7(2-3-9(10)14(15)16)11-13-8(5-12)6-18-11/h2-4,6H,5H2,1H3. The minimum absolute atomic E-state index is 0.106. The maximum absolute atomic E-state index is 10.7. The fourth-order valence-electron chi connectivity index (χ4n) is 1.46. The Balaban J connectivity index is 2.43. The molecule has 0 bridgehead atoms. The van der Waals surface area contributed by atoms with E-state index in [1.165, 1.54) is 25.5 Å². The van der Waals surface area contributed by atoms with E-state index in [-0.39, 0.29) is 17.3 Å². The van der Waals surface area contributed by atoms with Crippen LogP contribution >= 0.6 is 11.6 Å². The van der Waals surface area contributed by atoms with Gasteiger partial charge in [0, 0.05) is 11.6 Å². The van der Waals surface area contributed by atoms with Crippen LogP contribution in [0.1, 0.15) is 5.69 Å². The summed E-state index contributed by atoms with van der Waals surface area (Å²) in [7, 11) is 1.37. The molecular formula is C11H9ClN2O4. The third-order valence-electron chi connectivity index (χ3n) is 2.31. The molecule has 0 saturated heterocycles. The molecule has 1 aromatic carbocycles. The lowest BCUT2D eigenvalue weighted by molar-refractivity contribution is -0.385. The summed E-state index contributed by atoms with van der Waals surface area (Å²) in [5, 5.41) is 10.7. The second-order valence-electron chi connectivity index (χ2n) is 3.42. The Morgan fingerprint density at radius 2 is 2.33 bits per heavy atom. The molecule has 0 saturated carbocycles. The molecule has 0 aliphatic heterocycles. The zero-order chi connectivity index (χ0) is 13.1. The van der Waals surface area contributed by atoms with Crippen molar-refractivity contribution in [2.45, 2.75) is 5.88 Å². The predicted molar refractivity (Wildman–Crippen MR) is 64.7 cm³/mol. The van der Waals surface area contributed by atoms with Crippen molar-refractivity contribution in [1.82, 2.24) is 4.98 Å². The zero-order valence-corrected chi connectivity index (χ0v) is 10.2. The summed E-state index contributed by atoms with van der Waals surface area (Å²) in [4.78, 5) is 14.4. The number of hydrogen-bond donors (Lipinski definition) is 0. The van der Waals surface area contributed by atoms with Crippen LogP contribution in [-0.4, -0.2) is 17.0 Å². The topological polar surface area (TPSA) is 78.4 Å². The molecule has 7 heteroatoms. The highest BCUT2D eigenvalue weighted by atomic mass is 35.5. The number of methoxy groups -OCH3 is 1. The average Bonchev–Trinajstić information content (AvgIpc) is 2.86. The van der Waals surface area contributed by atoms with E-state index in [0.717, 1.165) is 0 Å². The van der Waals surface area contributed by atoms with E-state index in [9.17, 15) is 10.1 Å². The van der Waals surface area contributed by atoms with Gasteiger partial charge in [-0.3, -0.25) is 10.1 Å². The van der Waals surface area contributed by atoms with Gasteiger partial charge in [-0.1, -0.05) is 0 Å². The molecule has 1 aromatic heterocycles. The summed E-state index contributed by atoms with van der Waals surface area (Å²) in [5.74, 6) is 0.745. The molecule has 2 rings (SSSR count). The number of hydrogen-bond acceptors (Lipinski definition) is 5. The highest BCUT2D eigenvalue weighted by molar-refractivity contribution is 6.16. The van der Waals surface area contributed by atoms with E-state index in [0.29, 0.717) is 17.1 Å². The number of alkyl halides is 1. The zero-order valence-electron chi connectivity index (χ0n) is 9.42. The highest BCUT2D eigenvalue weighted by Crippen LogP contribution is 2.31. The van der Waals surface area contributed by atoms with Gasteiger partial charge < -0.3 is 9.15 Å². The molecule has 94 valence electrons. The van der Waals surface area contributed by atoms with Gasteiger partial charge in [-0.05, 0) is 12.1 Å². The summed E-state index contributed by atoms with van der Waals surface area (Å²) in [5.41, 5.74) is 1.09. The van der Waals surface area contributed by atoms with Gasteiger partial charge in [0.2, 0.25) is 5.89 Å². The Hall–Kier alpha value is -2.08. The molecule has 0 aliphatic rings. The fraction of sp³-hybridized carbons (Fsp3) is 0.182. The number of nitrogens with zero attached hydrogens (tertiary/aromatic N) is 2. The van der Waals surface area contributed by atoms with E-state index >= 15 is 0 Å². The molecule has 0 aliphatic carbocycles. The van der Waals surface area contributed by atoms with Gasteiger partial charge in [0.05, 0.1) is 23.6 Å². The average molecular weight is 269 g/mol. The normalized spacial score (nSPS) is 10.3.